The normalized spacial score (nSPS) is 16.1. The van der Waals surface area contributed by atoms with Crippen molar-refractivity contribution < 1.29 is 18.3 Å². The number of alkyl halides is 3. The SMILES string of the molecule is C[C@@H](O)[C@@H](N)c1ccc(C(F)(F)F)nc1. The average molecular weight is 220 g/mol. The molecule has 84 valence electrons. The maximum Gasteiger partial charge on any atom is 0.433 e. The Morgan fingerprint density at radius 3 is 2.33 bits per heavy atom. The van der Waals surface area contributed by atoms with Gasteiger partial charge < -0.3 is 10.8 Å². The molecule has 0 saturated carbocycles. The highest BCUT2D eigenvalue weighted by atomic mass is 19.4. The third-order valence-corrected chi connectivity index (χ3v) is 1.98. The van der Waals surface area contributed by atoms with Crippen LogP contribution in [0.1, 0.15) is 24.2 Å². The van der Waals surface area contributed by atoms with E-state index in [2.05, 4.69) is 4.98 Å². The minimum atomic E-state index is -4.45. The molecule has 0 fully saturated rings. The van der Waals surface area contributed by atoms with Gasteiger partial charge in [0.2, 0.25) is 0 Å². The molecule has 0 saturated heterocycles. The highest BCUT2D eigenvalue weighted by molar-refractivity contribution is 5.19. The van der Waals surface area contributed by atoms with Crippen LogP contribution >= 0.6 is 0 Å². The fourth-order valence-electron chi connectivity index (χ4n) is 1.05. The molecule has 6 heteroatoms. The Morgan fingerprint density at radius 2 is 2.00 bits per heavy atom. The Morgan fingerprint density at radius 1 is 1.40 bits per heavy atom. The van der Waals surface area contributed by atoms with Crippen molar-refractivity contribution >= 4 is 0 Å². The van der Waals surface area contributed by atoms with E-state index in [1.165, 1.54) is 13.0 Å². The molecular formula is C9H11F3N2O. The highest BCUT2D eigenvalue weighted by Gasteiger charge is 2.32. The van der Waals surface area contributed by atoms with Crippen LogP contribution in [-0.2, 0) is 6.18 Å². The van der Waals surface area contributed by atoms with Crippen molar-refractivity contribution in [1.29, 1.82) is 0 Å². The number of pyridine rings is 1. The minimum Gasteiger partial charge on any atom is -0.391 e. The van der Waals surface area contributed by atoms with Gasteiger partial charge in [0.05, 0.1) is 12.1 Å². The molecule has 0 aliphatic carbocycles. The fourth-order valence-corrected chi connectivity index (χ4v) is 1.05. The van der Waals surface area contributed by atoms with Crippen LogP contribution in [0.25, 0.3) is 0 Å². The number of rotatable bonds is 2. The van der Waals surface area contributed by atoms with Crippen molar-refractivity contribution in [3.63, 3.8) is 0 Å². The van der Waals surface area contributed by atoms with Crippen molar-refractivity contribution in [2.45, 2.75) is 25.2 Å². The van der Waals surface area contributed by atoms with Crippen molar-refractivity contribution in [3.05, 3.63) is 29.6 Å². The first kappa shape index (κ1) is 11.9. The summed E-state index contributed by atoms with van der Waals surface area (Å²) in [6.07, 6.45) is -4.25. The molecule has 2 atom stereocenters. The minimum absolute atomic E-state index is 0.373. The second-order valence-electron chi connectivity index (χ2n) is 3.24. The number of halogens is 3. The van der Waals surface area contributed by atoms with Crippen LogP contribution in [0.3, 0.4) is 0 Å². The molecule has 15 heavy (non-hydrogen) atoms. The van der Waals surface area contributed by atoms with Gasteiger partial charge in [-0.25, -0.2) is 0 Å². The second kappa shape index (κ2) is 4.16. The summed E-state index contributed by atoms with van der Waals surface area (Å²) in [6, 6.07) is 1.34. The van der Waals surface area contributed by atoms with Gasteiger partial charge in [-0.2, -0.15) is 13.2 Å². The first-order valence-electron chi connectivity index (χ1n) is 4.29. The maximum absolute atomic E-state index is 12.1. The fraction of sp³-hybridized carbons (Fsp3) is 0.444. The Labute approximate surface area is 84.7 Å². The third kappa shape index (κ3) is 2.90. The zero-order chi connectivity index (χ0) is 11.6. The predicted molar refractivity (Wildman–Crippen MR) is 47.8 cm³/mol. The lowest BCUT2D eigenvalue weighted by Gasteiger charge is -2.15. The van der Waals surface area contributed by atoms with Gasteiger partial charge in [0, 0.05) is 6.20 Å². The molecule has 0 unspecified atom stereocenters. The van der Waals surface area contributed by atoms with Crippen molar-refractivity contribution in [1.82, 2.24) is 4.98 Å². The van der Waals surface area contributed by atoms with Gasteiger partial charge in [0.25, 0.3) is 0 Å². The van der Waals surface area contributed by atoms with Crippen molar-refractivity contribution in [2.24, 2.45) is 5.73 Å². The third-order valence-electron chi connectivity index (χ3n) is 1.98. The molecule has 1 heterocycles. The first-order chi connectivity index (χ1) is 6.82. The molecule has 1 aromatic heterocycles. The molecule has 0 aliphatic rings. The number of hydrogen-bond acceptors (Lipinski definition) is 3. The topological polar surface area (TPSA) is 59.1 Å². The summed E-state index contributed by atoms with van der Waals surface area (Å²) in [7, 11) is 0. The Hall–Kier alpha value is -1.14. The van der Waals surface area contributed by atoms with E-state index >= 15 is 0 Å². The van der Waals surface area contributed by atoms with E-state index in [1.54, 1.807) is 0 Å². The number of aromatic nitrogens is 1. The molecular weight excluding hydrogens is 209 g/mol. The van der Waals surface area contributed by atoms with Crippen LogP contribution in [0.5, 0.6) is 0 Å². The highest BCUT2D eigenvalue weighted by Crippen LogP contribution is 2.27. The standard InChI is InChI=1S/C9H11F3N2O/c1-5(15)8(13)6-2-3-7(14-4-6)9(10,11)12/h2-5,8,15H,13H2,1H3/t5-,8-/m1/s1. The van der Waals surface area contributed by atoms with Crippen molar-refractivity contribution in [3.8, 4) is 0 Å². The number of nitrogens with two attached hydrogens (primary N) is 1. The molecule has 0 spiro atoms. The Bertz CT molecular complexity index is 321. The summed E-state index contributed by atoms with van der Waals surface area (Å²) >= 11 is 0. The largest absolute Gasteiger partial charge is 0.433 e. The average Bonchev–Trinajstić information content (AvgIpc) is 2.15. The monoisotopic (exact) mass is 220 g/mol. The number of hydrogen-bond donors (Lipinski definition) is 2. The molecule has 0 bridgehead atoms. The van der Waals surface area contributed by atoms with E-state index in [0.717, 1.165) is 12.3 Å². The van der Waals surface area contributed by atoms with Gasteiger partial charge in [-0.3, -0.25) is 4.98 Å². The van der Waals surface area contributed by atoms with E-state index in [4.69, 9.17) is 10.8 Å². The van der Waals surface area contributed by atoms with Crippen LogP contribution in [-0.4, -0.2) is 16.2 Å². The van der Waals surface area contributed by atoms with Crippen LogP contribution < -0.4 is 5.73 Å². The molecule has 0 amide bonds. The van der Waals surface area contributed by atoms with Crippen LogP contribution in [0.15, 0.2) is 18.3 Å². The van der Waals surface area contributed by atoms with Gasteiger partial charge in [0.15, 0.2) is 0 Å². The summed E-state index contributed by atoms with van der Waals surface area (Å²) < 4.78 is 36.4. The summed E-state index contributed by atoms with van der Waals surface area (Å²) in [4.78, 5) is 3.24. The molecule has 0 aliphatic heterocycles. The number of aliphatic hydroxyl groups excluding tert-OH is 1. The lowest BCUT2D eigenvalue weighted by atomic mass is 10.1. The lowest BCUT2D eigenvalue weighted by molar-refractivity contribution is -0.141. The van der Waals surface area contributed by atoms with Gasteiger partial charge in [-0.15, -0.1) is 0 Å². The Kier molecular flexibility index (Phi) is 3.31. The van der Waals surface area contributed by atoms with Gasteiger partial charge in [-0.05, 0) is 18.6 Å². The Balaban J connectivity index is 2.91. The molecule has 1 rings (SSSR count). The molecule has 3 N–H and O–H groups in total. The molecule has 3 nitrogen and oxygen atoms in total. The lowest BCUT2D eigenvalue weighted by Crippen LogP contribution is -2.23. The van der Waals surface area contributed by atoms with Gasteiger partial charge >= 0.3 is 6.18 Å². The summed E-state index contributed by atoms with van der Waals surface area (Å²) in [5.41, 5.74) is 4.93. The van der Waals surface area contributed by atoms with Crippen molar-refractivity contribution in [2.75, 3.05) is 0 Å². The van der Waals surface area contributed by atoms with E-state index < -0.39 is 24.0 Å². The number of aliphatic hydroxyl groups is 1. The first-order valence-corrected chi connectivity index (χ1v) is 4.29. The zero-order valence-electron chi connectivity index (χ0n) is 7.99. The van der Waals surface area contributed by atoms with Gasteiger partial charge in [0.1, 0.15) is 5.69 Å². The summed E-state index contributed by atoms with van der Waals surface area (Å²) in [5, 5.41) is 9.13. The zero-order valence-corrected chi connectivity index (χ0v) is 7.99. The molecule has 1 aromatic rings. The smallest absolute Gasteiger partial charge is 0.391 e. The number of nitrogens with zero attached hydrogens (tertiary/aromatic N) is 1. The van der Waals surface area contributed by atoms with Crippen LogP contribution in [0.4, 0.5) is 13.2 Å². The quantitative estimate of drug-likeness (QED) is 0.793. The van der Waals surface area contributed by atoms with E-state index in [9.17, 15) is 13.2 Å². The van der Waals surface area contributed by atoms with E-state index in [0.29, 0.717) is 5.56 Å². The van der Waals surface area contributed by atoms with Crippen LogP contribution in [0.2, 0.25) is 0 Å². The van der Waals surface area contributed by atoms with E-state index in [1.807, 2.05) is 0 Å². The van der Waals surface area contributed by atoms with Gasteiger partial charge in [-0.1, -0.05) is 6.07 Å². The van der Waals surface area contributed by atoms with Crippen LogP contribution in [0, 0.1) is 0 Å². The van der Waals surface area contributed by atoms with E-state index in [-0.39, 0.29) is 0 Å². The molecule has 0 radical (unpaired) electrons. The predicted octanol–water partition coefficient (Wildman–Crippen LogP) is 1.48. The molecule has 0 aromatic carbocycles. The second-order valence-corrected chi connectivity index (χ2v) is 3.24. The summed E-state index contributed by atoms with van der Waals surface area (Å²) in [5.74, 6) is 0. The maximum atomic E-state index is 12.1. The summed E-state index contributed by atoms with van der Waals surface area (Å²) in [6.45, 7) is 1.46.